The van der Waals surface area contributed by atoms with Gasteiger partial charge in [-0.1, -0.05) is 35.3 Å². The van der Waals surface area contributed by atoms with Gasteiger partial charge in [-0.15, -0.1) is 11.3 Å². The summed E-state index contributed by atoms with van der Waals surface area (Å²) in [5.41, 5.74) is 4.81. The summed E-state index contributed by atoms with van der Waals surface area (Å²) in [5.74, 6) is 0. The molecule has 1 aromatic heterocycles. The van der Waals surface area contributed by atoms with E-state index in [9.17, 15) is 0 Å². The van der Waals surface area contributed by atoms with Crippen molar-refractivity contribution in [3.63, 3.8) is 0 Å². The summed E-state index contributed by atoms with van der Waals surface area (Å²) in [6, 6.07) is 9.51. The van der Waals surface area contributed by atoms with Gasteiger partial charge in [0.15, 0.2) is 0 Å². The van der Waals surface area contributed by atoms with E-state index in [0.29, 0.717) is 16.6 Å². The Labute approximate surface area is 120 Å². The van der Waals surface area contributed by atoms with Crippen LogP contribution in [-0.4, -0.2) is 5.71 Å². The van der Waals surface area contributed by atoms with Crippen LogP contribution < -0.4 is 5.43 Å². The van der Waals surface area contributed by atoms with E-state index in [1.165, 1.54) is 0 Å². The van der Waals surface area contributed by atoms with Crippen LogP contribution in [0.3, 0.4) is 0 Å². The molecular formula is C13H12Cl2N2S. The molecule has 1 aromatic carbocycles. The molecule has 2 nitrogen and oxygen atoms in total. The Balaban J connectivity index is 2.02. The average Bonchev–Trinajstić information content (AvgIpc) is 2.86. The molecule has 0 radical (unpaired) electrons. The molecule has 0 unspecified atom stereocenters. The van der Waals surface area contributed by atoms with Crippen LogP contribution in [0.25, 0.3) is 0 Å². The van der Waals surface area contributed by atoms with Gasteiger partial charge in [-0.2, -0.15) is 5.10 Å². The fraction of sp³-hybridized carbons (Fsp3) is 0.154. The molecule has 0 spiro atoms. The molecule has 0 aliphatic rings. The second-order valence-electron chi connectivity index (χ2n) is 3.71. The number of nitrogens with one attached hydrogen (secondary N) is 1. The summed E-state index contributed by atoms with van der Waals surface area (Å²) in [6.07, 6.45) is 0. The number of hydrogen-bond acceptors (Lipinski definition) is 3. The number of hydrazone groups is 1. The third-order valence-corrected chi connectivity index (χ3v) is 4.13. The first kappa shape index (κ1) is 13.4. The minimum absolute atomic E-state index is 0.515. The number of halogens is 2. The zero-order valence-corrected chi connectivity index (χ0v) is 12.1. The largest absolute Gasteiger partial charge is 0.305 e. The Morgan fingerprint density at radius 2 is 1.94 bits per heavy atom. The highest BCUT2D eigenvalue weighted by atomic mass is 35.5. The predicted octanol–water partition coefficient (Wildman–Crippen LogP) is 4.57. The van der Waals surface area contributed by atoms with Gasteiger partial charge >= 0.3 is 0 Å². The van der Waals surface area contributed by atoms with E-state index in [2.05, 4.69) is 10.5 Å². The first-order valence-corrected chi connectivity index (χ1v) is 7.06. The van der Waals surface area contributed by atoms with Crippen molar-refractivity contribution in [2.24, 2.45) is 5.10 Å². The molecule has 1 heterocycles. The highest BCUT2D eigenvalue weighted by Crippen LogP contribution is 2.23. The van der Waals surface area contributed by atoms with Crippen LogP contribution in [0.2, 0.25) is 10.0 Å². The molecule has 2 aromatic rings. The standard InChI is InChI=1S/C13H12Cl2N2S/c1-9(13-6-3-7-18-13)17-16-8-10-11(14)4-2-5-12(10)15/h2-7,16H,8H2,1H3/b17-9-. The Bertz CT molecular complexity index is 530. The molecule has 5 heteroatoms. The highest BCUT2D eigenvalue weighted by molar-refractivity contribution is 7.12. The number of benzene rings is 1. The van der Waals surface area contributed by atoms with Crippen molar-refractivity contribution in [1.82, 2.24) is 5.43 Å². The van der Waals surface area contributed by atoms with E-state index >= 15 is 0 Å². The Morgan fingerprint density at radius 1 is 1.22 bits per heavy atom. The van der Waals surface area contributed by atoms with Gasteiger partial charge in [-0.05, 0) is 30.5 Å². The zero-order valence-electron chi connectivity index (χ0n) is 9.78. The second kappa shape index (κ2) is 6.23. The van der Waals surface area contributed by atoms with Crippen molar-refractivity contribution in [3.8, 4) is 0 Å². The maximum atomic E-state index is 6.07. The third-order valence-electron chi connectivity index (χ3n) is 2.44. The van der Waals surface area contributed by atoms with Crippen molar-refractivity contribution in [1.29, 1.82) is 0 Å². The van der Waals surface area contributed by atoms with E-state index in [0.717, 1.165) is 16.2 Å². The highest BCUT2D eigenvalue weighted by Gasteiger charge is 2.04. The van der Waals surface area contributed by atoms with Crippen LogP contribution in [0.5, 0.6) is 0 Å². The average molecular weight is 299 g/mol. The summed E-state index contributed by atoms with van der Waals surface area (Å²) >= 11 is 13.8. The minimum atomic E-state index is 0.515. The van der Waals surface area contributed by atoms with Crippen LogP contribution >= 0.6 is 34.5 Å². The van der Waals surface area contributed by atoms with Crippen LogP contribution in [0.1, 0.15) is 17.4 Å². The monoisotopic (exact) mass is 298 g/mol. The lowest BCUT2D eigenvalue weighted by atomic mass is 10.2. The molecule has 0 aliphatic carbocycles. The van der Waals surface area contributed by atoms with Crippen LogP contribution in [0.15, 0.2) is 40.8 Å². The van der Waals surface area contributed by atoms with E-state index in [1.807, 2.05) is 42.6 Å². The lowest BCUT2D eigenvalue weighted by Gasteiger charge is -2.06. The summed E-state index contributed by atoms with van der Waals surface area (Å²) in [4.78, 5) is 1.15. The molecule has 0 bridgehead atoms. The molecular weight excluding hydrogens is 287 g/mol. The number of thiophene rings is 1. The molecule has 2 rings (SSSR count). The SMILES string of the molecule is C/C(=N/NCc1c(Cl)cccc1Cl)c1cccs1. The van der Waals surface area contributed by atoms with Gasteiger partial charge in [-0.25, -0.2) is 0 Å². The van der Waals surface area contributed by atoms with Crippen molar-refractivity contribution in [2.45, 2.75) is 13.5 Å². The predicted molar refractivity (Wildman–Crippen MR) is 79.8 cm³/mol. The van der Waals surface area contributed by atoms with Gasteiger partial charge in [-0.3, -0.25) is 0 Å². The Kier molecular flexibility index (Phi) is 4.64. The van der Waals surface area contributed by atoms with Gasteiger partial charge in [0, 0.05) is 20.5 Å². The van der Waals surface area contributed by atoms with Crippen LogP contribution in [-0.2, 0) is 6.54 Å². The van der Waals surface area contributed by atoms with Gasteiger partial charge in [0.1, 0.15) is 0 Å². The minimum Gasteiger partial charge on any atom is -0.305 e. The Hall–Kier alpha value is -1.03. The molecule has 0 aliphatic heterocycles. The summed E-state index contributed by atoms with van der Waals surface area (Å²) in [7, 11) is 0. The van der Waals surface area contributed by atoms with Crippen LogP contribution in [0.4, 0.5) is 0 Å². The first-order valence-electron chi connectivity index (χ1n) is 5.42. The number of nitrogens with zero attached hydrogens (tertiary/aromatic N) is 1. The second-order valence-corrected chi connectivity index (χ2v) is 5.47. The molecule has 0 fully saturated rings. The molecule has 94 valence electrons. The smallest absolute Gasteiger partial charge is 0.0743 e. The normalized spacial score (nSPS) is 11.6. The molecule has 0 saturated heterocycles. The quantitative estimate of drug-likeness (QED) is 0.649. The maximum absolute atomic E-state index is 6.07. The third kappa shape index (κ3) is 3.25. The molecule has 0 atom stereocenters. The van der Waals surface area contributed by atoms with Crippen molar-refractivity contribution >= 4 is 40.3 Å². The fourth-order valence-corrected chi connectivity index (χ4v) is 2.69. The maximum Gasteiger partial charge on any atom is 0.0743 e. The lowest BCUT2D eigenvalue weighted by molar-refractivity contribution is 0.744. The molecule has 18 heavy (non-hydrogen) atoms. The number of hydrogen-bond donors (Lipinski definition) is 1. The fourth-order valence-electron chi connectivity index (χ4n) is 1.48. The van der Waals surface area contributed by atoms with E-state index in [4.69, 9.17) is 23.2 Å². The van der Waals surface area contributed by atoms with Crippen molar-refractivity contribution in [2.75, 3.05) is 0 Å². The van der Waals surface area contributed by atoms with E-state index in [1.54, 1.807) is 11.3 Å². The summed E-state index contributed by atoms with van der Waals surface area (Å²) < 4.78 is 0. The summed E-state index contributed by atoms with van der Waals surface area (Å²) in [5, 5.41) is 7.63. The summed E-state index contributed by atoms with van der Waals surface area (Å²) in [6.45, 7) is 2.48. The number of rotatable bonds is 4. The van der Waals surface area contributed by atoms with Crippen LogP contribution in [0, 0.1) is 0 Å². The topological polar surface area (TPSA) is 24.4 Å². The van der Waals surface area contributed by atoms with Gasteiger partial charge < -0.3 is 5.43 Å². The molecule has 0 amide bonds. The molecule has 0 saturated carbocycles. The van der Waals surface area contributed by atoms with Gasteiger partial charge in [0.2, 0.25) is 0 Å². The van der Waals surface area contributed by atoms with Gasteiger partial charge in [0.25, 0.3) is 0 Å². The van der Waals surface area contributed by atoms with E-state index < -0.39 is 0 Å². The molecule has 1 N–H and O–H groups in total. The van der Waals surface area contributed by atoms with Gasteiger partial charge in [0.05, 0.1) is 12.3 Å². The zero-order chi connectivity index (χ0) is 13.0. The first-order chi connectivity index (χ1) is 8.68. The van der Waals surface area contributed by atoms with Crippen molar-refractivity contribution < 1.29 is 0 Å². The van der Waals surface area contributed by atoms with E-state index in [-0.39, 0.29) is 0 Å². The Morgan fingerprint density at radius 3 is 2.56 bits per heavy atom. The lowest BCUT2D eigenvalue weighted by Crippen LogP contribution is -2.09. The van der Waals surface area contributed by atoms with Crippen molar-refractivity contribution in [3.05, 3.63) is 56.2 Å².